The minimum Gasteiger partial charge on any atom is -0.396 e. The zero-order valence-electron chi connectivity index (χ0n) is 30.8. The van der Waals surface area contributed by atoms with E-state index in [0.29, 0.717) is 17.8 Å². The lowest BCUT2D eigenvalue weighted by atomic mass is 9.68. The molecule has 2 aromatic rings. The van der Waals surface area contributed by atoms with E-state index in [-0.39, 0.29) is 11.1 Å². The highest BCUT2D eigenvalue weighted by atomic mass is 15.5. The van der Waals surface area contributed by atoms with Crippen LogP contribution in [0.3, 0.4) is 0 Å². The molecule has 0 aromatic heterocycles. The zero-order chi connectivity index (χ0) is 33.9. The van der Waals surface area contributed by atoms with E-state index < -0.39 is 0 Å². The van der Waals surface area contributed by atoms with Gasteiger partial charge in [0.1, 0.15) is 0 Å². The molecule has 1 aliphatic heterocycles. The highest BCUT2D eigenvalue weighted by molar-refractivity contribution is 6.14. The molecule has 6 atom stereocenters. The lowest BCUT2D eigenvalue weighted by Crippen LogP contribution is -2.57. The molecular formula is C41H64N6. The number of nitrogen functional groups attached to an aromatic ring is 1. The van der Waals surface area contributed by atoms with Crippen molar-refractivity contribution < 1.29 is 0 Å². The number of H-pyrrole nitrogens is 2. The van der Waals surface area contributed by atoms with Crippen LogP contribution in [-0.4, -0.2) is 20.5 Å². The van der Waals surface area contributed by atoms with Crippen molar-refractivity contribution in [2.45, 2.75) is 137 Å². The number of fused-ring (bicyclic) bond motifs is 5. The molecule has 0 saturated heterocycles. The Morgan fingerprint density at radius 3 is 2.04 bits per heavy atom. The highest BCUT2D eigenvalue weighted by Gasteiger charge is 2.43. The molecule has 47 heavy (non-hydrogen) atoms. The van der Waals surface area contributed by atoms with Gasteiger partial charge in [-0.05, 0) is 75.5 Å². The summed E-state index contributed by atoms with van der Waals surface area (Å²) in [7, 11) is 0. The number of anilines is 2. The largest absolute Gasteiger partial charge is 0.396 e. The van der Waals surface area contributed by atoms with Gasteiger partial charge in [-0.2, -0.15) is 0 Å². The van der Waals surface area contributed by atoms with Crippen LogP contribution in [-0.2, 0) is 5.54 Å². The van der Waals surface area contributed by atoms with Crippen LogP contribution < -0.4 is 16.6 Å². The number of nitrogens with one attached hydrogen (secondary N) is 2. The first kappa shape index (κ1) is 35.2. The van der Waals surface area contributed by atoms with Crippen LogP contribution in [0.1, 0.15) is 126 Å². The first-order valence-electron chi connectivity index (χ1n) is 18.9. The molecular weight excluding hydrogens is 576 g/mol. The Morgan fingerprint density at radius 2 is 1.40 bits per heavy atom. The Labute approximate surface area is 284 Å². The first-order chi connectivity index (χ1) is 22.6. The third-order valence-corrected chi connectivity index (χ3v) is 11.5. The molecule has 6 heteroatoms. The van der Waals surface area contributed by atoms with Crippen molar-refractivity contribution in [3.63, 3.8) is 0 Å². The van der Waals surface area contributed by atoms with Crippen LogP contribution in [0, 0.1) is 23.7 Å². The molecule has 1 heterocycles. The zero-order valence-corrected chi connectivity index (χ0v) is 30.8. The minimum absolute atomic E-state index is 0.0380. The van der Waals surface area contributed by atoms with Crippen molar-refractivity contribution in [1.82, 2.24) is 15.0 Å². The third kappa shape index (κ3) is 6.64. The van der Waals surface area contributed by atoms with E-state index in [2.05, 4.69) is 124 Å². The lowest BCUT2D eigenvalue weighted by Gasteiger charge is -2.49. The number of benzene rings is 2. The maximum atomic E-state index is 7.43. The molecule has 0 bridgehead atoms. The predicted molar refractivity (Wildman–Crippen MR) is 204 cm³/mol. The molecule has 3 aliphatic carbocycles. The first-order valence-corrected chi connectivity index (χ1v) is 18.9. The van der Waals surface area contributed by atoms with E-state index in [9.17, 15) is 0 Å². The quantitative estimate of drug-likeness (QED) is 0.120. The molecule has 2 saturated carbocycles. The average Bonchev–Trinajstić information content (AvgIpc) is 3.50. The normalized spacial score (nSPS) is 27.9. The van der Waals surface area contributed by atoms with Gasteiger partial charge in [-0.15, -0.1) is 0 Å². The summed E-state index contributed by atoms with van der Waals surface area (Å²) in [4.78, 5) is 0. The average molecular weight is 641 g/mol. The molecule has 2 fully saturated rings. The van der Waals surface area contributed by atoms with E-state index >= 15 is 0 Å². The van der Waals surface area contributed by atoms with Gasteiger partial charge in [0.05, 0.1) is 33.8 Å². The van der Waals surface area contributed by atoms with Gasteiger partial charge in [0.2, 0.25) is 0 Å². The van der Waals surface area contributed by atoms with E-state index in [1.54, 1.807) is 0 Å². The second-order valence-corrected chi connectivity index (χ2v) is 15.7. The number of hydrogen-bond donors (Lipinski definition) is 4. The standard InChI is InChI=1S/C38H56N6.C3H8/c1-7-14-28-20-25(4)21-37(6,23-28)44-36-31-17-12-10-15-29(31)33(39)35(32-18-13-11-16-30(32)34(36)41-42-44)43(40)38(9-3)22-26(5)19-27(8-2)24-38;1-3-2/h10-13,15-18,25-28,41-42H,7-9,14,19-24,39-40H2,1-6H3;3H2,1-2H3. The van der Waals surface area contributed by atoms with E-state index in [1.165, 1.54) is 50.6 Å². The fraction of sp³-hybridized carbons (Fsp3) is 0.610. The van der Waals surface area contributed by atoms with Crippen LogP contribution in [0.5, 0.6) is 0 Å². The van der Waals surface area contributed by atoms with Gasteiger partial charge < -0.3 is 10.7 Å². The number of nitrogens with zero attached hydrogens (tertiary/aromatic N) is 2. The Bertz CT molecular complexity index is 1640. The molecule has 6 unspecified atom stereocenters. The van der Waals surface area contributed by atoms with Gasteiger partial charge >= 0.3 is 0 Å². The van der Waals surface area contributed by atoms with Gasteiger partial charge in [-0.3, -0.25) is 9.78 Å². The number of hydrazine groups is 1. The Hall–Kier alpha value is -3.12. The predicted octanol–water partition coefficient (Wildman–Crippen LogP) is 11.3. The maximum absolute atomic E-state index is 7.43. The molecule has 6 nitrogen and oxygen atoms in total. The molecule has 0 amide bonds. The molecule has 0 spiro atoms. The van der Waals surface area contributed by atoms with Crippen molar-refractivity contribution in [1.29, 1.82) is 0 Å². The van der Waals surface area contributed by atoms with Gasteiger partial charge in [-0.1, -0.05) is 123 Å². The summed E-state index contributed by atoms with van der Waals surface area (Å²) >= 11 is 0. The summed E-state index contributed by atoms with van der Waals surface area (Å²) in [6.07, 6.45) is 13.0. The number of rotatable bonds is 7. The van der Waals surface area contributed by atoms with Gasteiger partial charge in [0.25, 0.3) is 0 Å². The van der Waals surface area contributed by atoms with Crippen molar-refractivity contribution in [3.05, 3.63) is 48.5 Å². The Kier molecular flexibility index (Phi) is 10.9. The van der Waals surface area contributed by atoms with Crippen molar-refractivity contribution in [2.24, 2.45) is 29.5 Å². The number of hydrogen-bond acceptors (Lipinski definition) is 3. The summed E-state index contributed by atoms with van der Waals surface area (Å²) in [6.45, 7) is 18.5. The molecule has 6 rings (SSSR count). The van der Waals surface area contributed by atoms with E-state index in [0.717, 1.165) is 70.2 Å². The van der Waals surface area contributed by atoms with Crippen molar-refractivity contribution in [2.75, 3.05) is 10.7 Å². The fourth-order valence-electron chi connectivity index (χ4n) is 9.77. The molecule has 2 aromatic carbocycles. The number of nitrogens with two attached hydrogens (primary N) is 2. The topological polar surface area (TPSA) is 91.8 Å². The fourth-order valence-corrected chi connectivity index (χ4v) is 9.77. The summed E-state index contributed by atoms with van der Waals surface area (Å²) in [5.74, 6) is 10.1. The second kappa shape index (κ2) is 14.6. The maximum Gasteiger partial charge on any atom is 0.0928 e. The molecule has 258 valence electrons. The SMILES string of the molecule is CCC.CCCC1CC(C)CC(C)(n2[nH][nH]c3c4ccccc4c(N(N)C4(CC)CC(C)CC(CC)C4)c(N)c4ccccc4c2-3)C1. The lowest BCUT2D eigenvalue weighted by molar-refractivity contribution is 0.105. The van der Waals surface area contributed by atoms with Gasteiger partial charge in [0.15, 0.2) is 0 Å². The van der Waals surface area contributed by atoms with Gasteiger partial charge in [0, 0.05) is 21.5 Å². The molecule has 0 radical (unpaired) electrons. The summed E-state index contributed by atoms with van der Waals surface area (Å²) in [5, 5.41) is 13.9. The minimum atomic E-state index is -0.149. The molecule has 4 aliphatic rings. The smallest absolute Gasteiger partial charge is 0.0928 e. The number of aromatic nitrogens is 3. The van der Waals surface area contributed by atoms with Crippen molar-refractivity contribution in [3.8, 4) is 11.4 Å². The van der Waals surface area contributed by atoms with E-state index in [1.807, 2.05) is 0 Å². The monoisotopic (exact) mass is 641 g/mol. The highest BCUT2D eigenvalue weighted by Crippen LogP contribution is 2.50. The van der Waals surface area contributed by atoms with E-state index in [4.69, 9.17) is 11.6 Å². The third-order valence-electron chi connectivity index (χ3n) is 11.5. The van der Waals surface area contributed by atoms with Crippen LogP contribution in [0.4, 0.5) is 11.4 Å². The summed E-state index contributed by atoms with van der Waals surface area (Å²) < 4.78 is 2.46. The van der Waals surface area contributed by atoms with Crippen molar-refractivity contribution >= 4 is 32.9 Å². The van der Waals surface area contributed by atoms with Gasteiger partial charge in [-0.25, -0.2) is 11.1 Å². The van der Waals surface area contributed by atoms with Crippen LogP contribution >= 0.6 is 0 Å². The Morgan fingerprint density at radius 1 is 0.809 bits per heavy atom. The summed E-state index contributed by atoms with van der Waals surface area (Å²) in [5.41, 5.74) is 11.2. The number of aromatic amines is 2. The Balaban J connectivity index is 0.00000139. The van der Waals surface area contributed by atoms with Crippen LogP contribution in [0.2, 0.25) is 0 Å². The van der Waals surface area contributed by atoms with Crippen LogP contribution in [0.25, 0.3) is 32.9 Å². The molecule has 6 N–H and O–H groups in total. The second-order valence-electron chi connectivity index (χ2n) is 15.7. The van der Waals surface area contributed by atoms with Crippen LogP contribution in [0.15, 0.2) is 48.5 Å². The summed E-state index contributed by atoms with van der Waals surface area (Å²) in [6, 6.07) is 17.4.